The summed E-state index contributed by atoms with van der Waals surface area (Å²) in [5, 5.41) is 18.0. The summed E-state index contributed by atoms with van der Waals surface area (Å²) < 4.78 is 1.97. The van der Waals surface area contributed by atoms with Gasteiger partial charge in [-0.2, -0.15) is 5.26 Å². The number of hydrogen-bond donors (Lipinski definition) is 3. The predicted molar refractivity (Wildman–Crippen MR) is 146 cm³/mol. The highest BCUT2D eigenvalue weighted by atomic mass is 32.1. The van der Waals surface area contributed by atoms with E-state index in [1.165, 1.54) is 10.8 Å². The number of likely N-dealkylation sites (N-methyl/N-ethyl adjacent to an activating group) is 1. The number of carbonyl (C=O) groups excluding carboxylic acids is 2. The third kappa shape index (κ3) is 7.08. The van der Waals surface area contributed by atoms with E-state index in [-0.39, 0.29) is 28.2 Å². The van der Waals surface area contributed by atoms with Crippen molar-refractivity contribution in [1.29, 1.82) is 5.26 Å². The number of aromatic nitrogens is 1. The maximum absolute atomic E-state index is 12.9. The minimum atomic E-state index is -0.627. The molecule has 194 valence electrons. The van der Waals surface area contributed by atoms with E-state index >= 15 is 0 Å². The molecule has 3 N–H and O–H groups in total. The first kappa shape index (κ1) is 27.7. The van der Waals surface area contributed by atoms with Crippen LogP contribution in [0.5, 0.6) is 0 Å². The van der Waals surface area contributed by atoms with Crippen molar-refractivity contribution in [2.24, 2.45) is 0 Å². The maximum atomic E-state index is 12.9. The van der Waals surface area contributed by atoms with E-state index in [1.54, 1.807) is 31.2 Å². The van der Waals surface area contributed by atoms with Crippen molar-refractivity contribution in [2.75, 3.05) is 50.9 Å². The highest BCUT2D eigenvalue weighted by Crippen LogP contribution is 2.16. The van der Waals surface area contributed by atoms with Gasteiger partial charge in [0.25, 0.3) is 11.5 Å². The number of nitriles is 1. The Balaban J connectivity index is 1.76. The molecule has 11 heteroatoms. The fourth-order valence-corrected chi connectivity index (χ4v) is 5.11. The zero-order chi connectivity index (χ0) is 26.9. The van der Waals surface area contributed by atoms with Gasteiger partial charge in [0.05, 0.1) is 13.1 Å². The van der Waals surface area contributed by atoms with Crippen LogP contribution in [0.15, 0.2) is 29.1 Å². The van der Waals surface area contributed by atoms with E-state index in [0.29, 0.717) is 35.0 Å². The summed E-state index contributed by atoms with van der Waals surface area (Å²) in [5.41, 5.74) is 0.812. The summed E-state index contributed by atoms with van der Waals surface area (Å²) in [6.07, 6.45) is 7.75. The summed E-state index contributed by atoms with van der Waals surface area (Å²) in [6, 6.07) is 9.52. The predicted octanol–water partition coefficient (Wildman–Crippen LogP) is -0.222. The molecule has 1 aliphatic rings. The molecule has 0 radical (unpaired) electrons. The Morgan fingerprint density at radius 2 is 2.08 bits per heavy atom. The quantitative estimate of drug-likeness (QED) is 0.390. The van der Waals surface area contributed by atoms with Crippen LogP contribution < -0.4 is 30.7 Å². The Morgan fingerprint density at radius 1 is 1.32 bits per heavy atom. The zero-order valence-electron chi connectivity index (χ0n) is 21.2. The minimum Gasteiger partial charge on any atom is -0.360 e. The molecule has 0 aliphatic carbocycles. The molecule has 1 aliphatic heterocycles. The van der Waals surface area contributed by atoms with Crippen LogP contribution in [0.3, 0.4) is 0 Å². The van der Waals surface area contributed by atoms with E-state index in [9.17, 15) is 19.6 Å². The molecule has 37 heavy (non-hydrogen) atoms. The van der Waals surface area contributed by atoms with Crippen LogP contribution in [0.1, 0.15) is 13.3 Å². The van der Waals surface area contributed by atoms with Crippen LogP contribution in [0.4, 0.5) is 11.4 Å². The molecule has 1 fully saturated rings. The number of carbonyl (C=O) groups is 2. The average molecular weight is 522 g/mol. The molecule has 1 saturated heterocycles. The lowest BCUT2D eigenvalue weighted by Crippen LogP contribution is -2.35. The number of nitrogens with zero attached hydrogens (tertiary/aromatic N) is 4. The maximum Gasteiger partial charge on any atom is 0.270 e. The van der Waals surface area contributed by atoms with Gasteiger partial charge < -0.3 is 20.9 Å². The molecule has 2 amide bonds. The molecule has 0 saturated carbocycles. The third-order valence-corrected chi connectivity index (χ3v) is 7.12. The Kier molecular flexibility index (Phi) is 9.64. The number of hydrogen-bond acceptors (Lipinski definition) is 8. The summed E-state index contributed by atoms with van der Waals surface area (Å²) in [7, 11) is 4.10. The summed E-state index contributed by atoms with van der Waals surface area (Å²) in [6.45, 7) is 4.12. The van der Waals surface area contributed by atoms with Gasteiger partial charge in [-0.1, -0.05) is 12.0 Å². The van der Waals surface area contributed by atoms with Gasteiger partial charge in [0.15, 0.2) is 5.57 Å². The van der Waals surface area contributed by atoms with E-state index in [1.807, 2.05) is 6.07 Å². The van der Waals surface area contributed by atoms with Crippen molar-refractivity contribution in [3.05, 3.63) is 43.8 Å². The number of rotatable bonds is 9. The molecule has 2 aromatic rings. The first-order valence-corrected chi connectivity index (χ1v) is 12.7. The zero-order valence-corrected chi connectivity index (χ0v) is 22.0. The largest absolute Gasteiger partial charge is 0.360 e. The topological polar surface area (TPSA) is 122 Å². The molecule has 1 unspecified atom stereocenters. The molecule has 1 aromatic heterocycles. The molecular weight excluding hydrogens is 490 g/mol. The summed E-state index contributed by atoms with van der Waals surface area (Å²) in [5.74, 6) is 1.57. The smallest absolute Gasteiger partial charge is 0.270 e. The Hall–Kier alpha value is -3.90. The van der Waals surface area contributed by atoms with Crippen molar-refractivity contribution in [1.82, 2.24) is 19.7 Å². The van der Waals surface area contributed by atoms with Crippen molar-refractivity contribution in [2.45, 2.75) is 25.9 Å². The van der Waals surface area contributed by atoms with Gasteiger partial charge in [0.2, 0.25) is 5.91 Å². The second-order valence-corrected chi connectivity index (χ2v) is 9.78. The second kappa shape index (κ2) is 12.9. The number of nitrogens with one attached hydrogen (secondary N) is 3. The molecule has 1 aromatic carbocycles. The van der Waals surface area contributed by atoms with E-state index in [4.69, 9.17) is 6.42 Å². The van der Waals surface area contributed by atoms with Gasteiger partial charge in [-0.25, -0.2) is 0 Å². The first-order valence-electron chi connectivity index (χ1n) is 11.9. The van der Waals surface area contributed by atoms with Gasteiger partial charge in [-0.15, -0.1) is 17.8 Å². The Morgan fingerprint density at radius 3 is 2.73 bits per heavy atom. The molecule has 0 spiro atoms. The van der Waals surface area contributed by atoms with Gasteiger partial charge in [0, 0.05) is 43.3 Å². The lowest BCUT2D eigenvalue weighted by molar-refractivity contribution is -0.117. The van der Waals surface area contributed by atoms with Crippen LogP contribution in [-0.4, -0.2) is 72.5 Å². The highest BCUT2D eigenvalue weighted by molar-refractivity contribution is 7.07. The number of anilines is 2. The van der Waals surface area contributed by atoms with Crippen molar-refractivity contribution in [3.63, 3.8) is 0 Å². The van der Waals surface area contributed by atoms with Crippen molar-refractivity contribution >= 4 is 46.3 Å². The van der Waals surface area contributed by atoms with Gasteiger partial charge >= 0.3 is 0 Å². The Labute approximate surface area is 219 Å². The van der Waals surface area contributed by atoms with Crippen molar-refractivity contribution in [3.8, 4) is 18.4 Å². The number of terminal acetylenes is 1. The molecular formula is C26H31N7O3S. The lowest BCUT2D eigenvalue weighted by Gasteiger charge is -2.20. The standard InChI is InChI=1S/C26H31N7O3S/c1-5-11-28-24(35)21(14-27)26-33(6-2)25(36)22(37-26)15-29-18-8-7-9-19(13-18)30-23(34)17-32-12-10-20(16-32)31(3)4/h1,7-9,13,15,20,29H,6,10-12,16-17H2,2-4H3,(H,28,35)(H,30,34)/b22-15+,26-21-. The van der Waals surface area contributed by atoms with Crippen LogP contribution >= 0.6 is 11.3 Å². The van der Waals surface area contributed by atoms with Crippen LogP contribution in [0.2, 0.25) is 0 Å². The summed E-state index contributed by atoms with van der Waals surface area (Å²) >= 11 is 1.04. The van der Waals surface area contributed by atoms with E-state index < -0.39 is 5.91 Å². The van der Waals surface area contributed by atoms with Crippen molar-refractivity contribution < 1.29 is 9.59 Å². The molecule has 10 nitrogen and oxygen atoms in total. The fourth-order valence-electron chi connectivity index (χ4n) is 4.02. The van der Waals surface area contributed by atoms with Crippen LogP contribution in [0, 0.1) is 23.7 Å². The number of benzene rings is 1. The molecule has 1 atom stereocenters. The molecule has 2 heterocycles. The van der Waals surface area contributed by atoms with Crippen LogP contribution in [-0.2, 0) is 16.1 Å². The average Bonchev–Trinajstić information content (AvgIpc) is 3.46. The number of thiazole rings is 1. The fraction of sp³-hybridized carbons (Fsp3) is 0.385. The Bertz CT molecular complexity index is 1410. The second-order valence-electron chi connectivity index (χ2n) is 8.75. The summed E-state index contributed by atoms with van der Waals surface area (Å²) in [4.78, 5) is 42.1. The first-order chi connectivity index (χ1) is 17.8. The van der Waals surface area contributed by atoms with E-state index in [0.717, 1.165) is 30.8 Å². The number of amides is 2. The highest BCUT2D eigenvalue weighted by Gasteiger charge is 2.25. The van der Waals surface area contributed by atoms with Crippen LogP contribution in [0.25, 0.3) is 11.8 Å². The monoisotopic (exact) mass is 521 g/mol. The van der Waals surface area contributed by atoms with Gasteiger partial charge in [-0.05, 0) is 45.6 Å². The molecule has 0 bridgehead atoms. The number of likely N-dealkylation sites (tertiary alicyclic amines) is 1. The normalized spacial score (nSPS) is 16.7. The minimum absolute atomic E-state index is 0.0200. The van der Waals surface area contributed by atoms with Gasteiger partial charge in [-0.3, -0.25) is 23.9 Å². The van der Waals surface area contributed by atoms with Gasteiger partial charge in [0.1, 0.15) is 15.3 Å². The van der Waals surface area contributed by atoms with E-state index in [2.05, 4.69) is 45.8 Å². The SMILES string of the molecule is C#CCNC(=O)/C(C#N)=c1\s/c(=C/Nc2cccc(NC(=O)CN3CCC(N(C)C)C3)c2)c(=O)n1CC. The third-order valence-electron chi connectivity index (χ3n) is 5.99. The lowest BCUT2D eigenvalue weighted by atomic mass is 10.2. The molecule has 3 rings (SSSR count).